The van der Waals surface area contributed by atoms with Crippen molar-refractivity contribution in [2.45, 2.75) is 47.1 Å². The third-order valence-corrected chi connectivity index (χ3v) is 5.58. The van der Waals surface area contributed by atoms with E-state index in [0.29, 0.717) is 55.0 Å². The number of H-pyrrole nitrogens is 1. The summed E-state index contributed by atoms with van der Waals surface area (Å²) in [6.07, 6.45) is 0.691. The molecule has 2 atom stereocenters. The first-order valence-corrected chi connectivity index (χ1v) is 12.0. The first-order chi connectivity index (χ1) is 16.9. The van der Waals surface area contributed by atoms with Crippen LogP contribution in [-0.4, -0.2) is 47.6 Å². The normalized spacial score (nSPS) is 12.6. The van der Waals surface area contributed by atoms with Crippen molar-refractivity contribution in [2.24, 2.45) is 5.92 Å². The van der Waals surface area contributed by atoms with Crippen molar-refractivity contribution >= 4 is 28.8 Å². The molecule has 0 aliphatic carbocycles. The monoisotopic (exact) mass is 482 g/mol. The van der Waals surface area contributed by atoms with Crippen molar-refractivity contribution in [2.75, 3.05) is 25.1 Å². The number of hydrogen-bond donors (Lipinski definition) is 3. The van der Waals surface area contributed by atoms with E-state index < -0.39 is 11.9 Å². The average molecular weight is 483 g/mol. The lowest BCUT2D eigenvalue weighted by atomic mass is 9.98. The van der Waals surface area contributed by atoms with Gasteiger partial charge in [-0.05, 0) is 51.0 Å². The molecule has 3 rings (SSSR count). The predicted molar refractivity (Wildman–Crippen MR) is 135 cm³/mol. The van der Waals surface area contributed by atoms with Crippen molar-refractivity contribution in [1.82, 2.24) is 15.3 Å². The zero-order chi connectivity index (χ0) is 25.4. The van der Waals surface area contributed by atoms with E-state index in [2.05, 4.69) is 20.6 Å². The van der Waals surface area contributed by atoms with E-state index in [1.807, 2.05) is 58.9 Å². The molecular weight excluding hydrogens is 448 g/mol. The summed E-state index contributed by atoms with van der Waals surface area (Å²) in [5, 5.41) is 5.69. The van der Waals surface area contributed by atoms with Crippen LogP contribution < -0.4 is 24.8 Å². The van der Waals surface area contributed by atoms with Crippen molar-refractivity contribution in [1.29, 1.82) is 0 Å². The van der Waals surface area contributed by atoms with Gasteiger partial charge >= 0.3 is 0 Å². The summed E-state index contributed by atoms with van der Waals surface area (Å²) in [7, 11) is 0. The Balaban J connectivity index is 1.86. The van der Waals surface area contributed by atoms with Crippen LogP contribution in [0.4, 0.5) is 5.95 Å². The van der Waals surface area contributed by atoms with Crippen LogP contribution in [0.15, 0.2) is 36.4 Å². The summed E-state index contributed by atoms with van der Waals surface area (Å²) in [6, 6.07) is 9.93. The second-order valence-corrected chi connectivity index (χ2v) is 8.03. The first kappa shape index (κ1) is 25.9. The predicted octanol–water partition coefficient (Wildman–Crippen LogP) is 4.54. The fraction of sp³-hybridized carbons (Fsp3) is 0.423. The SMILES string of the molecule is CCOc1cc(C(=O)N[C@@H](C(=O)Nc2nc3ccccc3[nH]2)[C@H](C)CC)cc(OCC)c1OCC. The third kappa shape index (κ3) is 6.23. The van der Waals surface area contributed by atoms with Crippen LogP contribution in [0, 0.1) is 5.92 Å². The van der Waals surface area contributed by atoms with Gasteiger partial charge in [-0.1, -0.05) is 32.4 Å². The molecule has 1 heterocycles. The van der Waals surface area contributed by atoms with Crippen LogP contribution in [0.25, 0.3) is 11.0 Å². The third-order valence-electron chi connectivity index (χ3n) is 5.58. The van der Waals surface area contributed by atoms with Crippen LogP contribution >= 0.6 is 0 Å². The second kappa shape index (κ2) is 12.1. The number of fused-ring (bicyclic) bond motifs is 1. The molecule has 0 bridgehead atoms. The minimum absolute atomic E-state index is 0.122. The lowest BCUT2D eigenvalue weighted by molar-refractivity contribution is -0.119. The van der Waals surface area contributed by atoms with Gasteiger partial charge in [-0.2, -0.15) is 0 Å². The number of para-hydroxylation sites is 2. The second-order valence-electron chi connectivity index (χ2n) is 8.03. The number of ether oxygens (including phenoxy) is 3. The van der Waals surface area contributed by atoms with E-state index in [1.165, 1.54) is 0 Å². The Labute approximate surface area is 205 Å². The fourth-order valence-corrected chi connectivity index (χ4v) is 3.65. The zero-order valence-electron chi connectivity index (χ0n) is 20.9. The average Bonchev–Trinajstić information content (AvgIpc) is 3.26. The van der Waals surface area contributed by atoms with E-state index in [9.17, 15) is 9.59 Å². The van der Waals surface area contributed by atoms with Gasteiger partial charge in [0.2, 0.25) is 17.6 Å². The van der Waals surface area contributed by atoms with Gasteiger partial charge in [-0.15, -0.1) is 0 Å². The smallest absolute Gasteiger partial charge is 0.252 e. The molecule has 0 fully saturated rings. The molecule has 3 aromatic rings. The van der Waals surface area contributed by atoms with E-state index in [0.717, 1.165) is 11.0 Å². The molecule has 188 valence electrons. The Hall–Kier alpha value is -3.75. The van der Waals surface area contributed by atoms with Crippen molar-refractivity contribution < 1.29 is 23.8 Å². The van der Waals surface area contributed by atoms with Gasteiger partial charge in [0, 0.05) is 5.56 Å². The van der Waals surface area contributed by atoms with Gasteiger partial charge in [0.05, 0.1) is 30.9 Å². The van der Waals surface area contributed by atoms with Gasteiger partial charge < -0.3 is 24.5 Å². The Morgan fingerprint density at radius 1 is 0.971 bits per heavy atom. The summed E-state index contributed by atoms with van der Waals surface area (Å²) >= 11 is 0. The summed E-state index contributed by atoms with van der Waals surface area (Å²) in [4.78, 5) is 34.0. The number of carbonyl (C=O) groups is 2. The Bertz CT molecular complexity index is 1100. The molecule has 0 saturated heterocycles. The lowest BCUT2D eigenvalue weighted by Gasteiger charge is -2.23. The van der Waals surface area contributed by atoms with E-state index in [4.69, 9.17) is 14.2 Å². The number of rotatable bonds is 12. The van der Waals surface area contributed by atoms with Crippen LogP contribution in [0.1, 0.15) is 51.4 Å². The molecular formula is C26H34N4O5. The van der Waals surface area contributed by atoms with Crippen LogP contribution in [-0.2, 0) is 4.79 Å². The minimum Gasteiger partial charge on any atom is -0.490 e. The molecule has 2 aromatic carbocycles. The quantitative estimate of drug-likeness (QED) is 0.349. The number of aromatic nitrogens is 2. The van der Waals surface area contributed by atoms with E-state index in [1.54, 1.807) is 12.1 Å². The van der Waals surface area contributed by atoms with Gasteiger partial charge in [-0.3, -0.25) is 14.9 Å². The standard InChI is InChI=1S/C26H34N4O5/c1-6-16(5)22(25(32)30-26-27-18-12-10-11-13-19(18)28-26)29-24(31)17-14-20(33-7-2)23(35-9-4)21(15-17)34-8-3/h10-16,22H,6-9H2,1-5H3,(H,29,31)(H2,27,28,30,32)/t16-,22-/m1/s1. The Kier molecular flexibility index (Phi) is 8.94. The first-order valence-electron chi connectivity index (χ1n) is 12.0. The summed E-state index contributed by atoms with van der Waals surface area (Å²) in [6.45, 7) is 10.7. The summed E-state index contributed by atoms with van der Waals surface area (Å²) < 4.78 is 17.2. The maximum absolute atomic E-state index is 13.3. The van der Waals surface area contributed by atoms with Gasteiger partial charge in [-0.25, -0.2) is 4.98 Å². The summed E-state index contributed by atoms with van der Waals surface area (Å²) in [5.41, 5.74) is 1.87. The number of hydrogen-bond acceptors (Lipinski definition) is 6. The highest BCUT2D eigenvalue weighted by Crippen LogP contribution is 2.39. The number of benzene rings is 2. The van der Waals surface area contributed by atoms with Crippen LogP contribution in [0.2, 0.25) is 0 Å². The number of aromatic amines is 1. The fourth-order valence-electron chi connectivity index (χ4n) is 3.65. The van der Waals surface area contributed by atoms with Crippen LogP contribution in [0.3, 0.4) is 0 Å². The minimum atomic E-state index is -0.779. The molecule has 9 heteroatoms. The molecule has 0 unspecified atom stereocenters. The Morgan fingerprint density at radius 3 is 2.17 bits per heavy atom. The zero-order valence-corrected chi connectivity index (χ0v) is 20.9. The molecule has 2 amide bonds. The lowest BCUT2D eigenvalue weighted by Crippen LogP contribution is -2.47. The number of imidazole rings is 1. The number of anilines is 1. The van der Waals surface area contributed by atoms with E-state index in [-0.39, 0.29) is 11.8 Å². The Morgan fingerprint density at radius 2 is 1.60 bits per heavy atom. The maximum atomic E-state index is 13.3. The van der Waals surface area contributed by atoms with Gasteiger partial charge in [0.1, 0.15) is 6.04 Å². The van der Waals surface area contributed by atoms with Crippen LogP contribution in [0.5, 0.6) is 17.2 Å². The molecule has 9 nitrogen and oxygen atoms in total. The highest BCUT2D eigenvalue weighted by Gasteiger charge is 2.28. The van der Waals surface area contributed by atoms with Gasteiger partial charge in [0.25, 0.3) is 5.91 Å². The van der Waals surface area contributed by atoms with Crippen molar-refractivity contribution in [3.63, 3.8) is 0 Å². The highest BCUT2D eigenvalue weighted by molar-refractivity contribution is 6.01. The topological polar surface area (TPSA) is 115 Å². The molecule has 0 radical (unpaired) electrons. The number of nitrogens with zero attached hydrogens (tertiary/aromatic N) is 1. The summed E-state index contributed by atoms with van der Waals surface area (Å²) in [5.74, 6) is 0.719. The number of amides is 2. The maximum Gasteiger partial charge on any atom is 0.252 e. The number of nitrogens with one attached hydrogen (secondary N) is 3. The van der Waals surface area contributed by atoms with Crippen molar-refractivity contribution in [3.05, 3.63) is 42.0 Å². The molecule has 0 aliphatic rings. The number of carbonyl (C=O) groups excluding carboxylic acids is 2. The van der Waals surface area contributed by atoms with Crippen molar-refractivity contribution in [3.8, 4) is 17.2 Å². The highest BCUT2D eigenvalue weighted by atomic mass is 16.5. The molecule has 1 aromatic heterocycles. The molecule has 0 aliphatic heterocycles. The largest absolute Gasteiger partial charge is 0.490 e. The molecule has 0 spiro atoms. The van der Waals surface area contributed by atoms with Gasteiger partial charge in [0.15, 0.2) is 11.5 Å². The van der Waals surface area contributed by atoms with E-state index >= 15 is 0 Å². The molecule has 0 saturated carbocycles. The molecule has 35 heavy (non-hydrogen) atoms. The molecule has 3 N–H and O–H groups in total.